The summed E-state index contributed by atoms with van der Waals surface area (Å²) in [6.45, 7) is 6.25. The molecule has 4 aliphatic heterocycles. The molecule has 180 valence electrons. The Kier molecular flexibility index (Phi) is 6.03. The van der Waals surface area contributed by atoms with Crippen molar-refractivity contribution in [2.75, 3.05) is 45.9 Å². The monoisotopic (exact) mass is 463 g/mol. The van der Waals surface area contributed by atoms with Gasteiger partial charge < -0.3 is 19.5 Å². The molecule has 4 aliphatic rings. The minimum atomic E-state index is -0.595. The predicted molar refractivity (Wildman–Crippen MR) is 128 cm³/mol. The third kappa shape index (κ3) is 4.45. The molecule has 2 fully saturated rings. The summed E-state index contributed by atoms with van der Waals surface area (Å²) < 4.78 is 11.7. The topological polar surface area (TPSA) is 65.5 Å². The van der Waals surface area contributed by atoms with Crippen LogP contribution in [-0.2, 0) is 24.2 Å². The Morgan fingerprint density at radius 3 is 2.79 bits per heavy atom. The number of benzene rings is 2. The van der Waals surface area contributed by atoms with E-state index in [0.29, 0.717) is 49.7 Å². The van der Waals surface area contributed by atoms with Crippen LogP contribution in [0.4, 0.5) is 0 Å². The molecule has 0 aromatic heterocycles. The smallest absolute Gasteiger partial charge is 0.257 e. The molecule has 0 aliphatic carbocycles. The minimum absolute atomic E-state index is 0.0595. The number of ether oxygens (including phenoxy) is 2. The summed E-state index contributed by atoms with van der Waals surface area (Å²) in [7, 11) is 0. The van der Waals surface area contributed by atoms with Gasteiger partial charge in [0.25, 0.3) is 5.91 Å². The first-order chi connectivity index (χ1) is 16.6. The van der Waals surface area contributed by atoms with E-state index in [4.69, 9.17) is 9.47 Å². The lowest BCUT2D eigenvalue weighted by Gasteiger charge is -2.32. The second-order valence-corrected chi connectivity index (χ2v) is 10.1. The number of amides is 1. The van der Waals surface area contributed by atoms with E-state index >= 15 is 0 Å². The van der Waals surface area contributed by atoms with Crippen molar-refractivity contribution < 1.29 is 19.4 Å². The van der Waals surface area contributed by atoms with Crippen LogP contribution in [0.5, 0.6) is 5.75 Å². The van der Waals surface area contributed by atoms with Crippen molar-refractivity contribution in [3.63, 3.8) is 0 Å². The average Bonchev–Trinajstić information content (AvgIpc) is 3.43. The van der Waals surface area contributed by atoms with Crippen LogP contribution in [0, 0.1) is 0 Å². The van der Waals surface area contributed by atoms with Crippen molar-refractivity contribution in [3.05, 3.63) is 64.7 Å². The second kappa shape index (κ2) is 9.30. The SMILES string of the molecule is O=C1c2ccc(CN3CC4CC3CO4)cc2OCCN1C[C@H](O)CN1CCc2ccccc2C1. The number of hydrogen-bond acceptors (Lipinski definition) is 6. The maximum Gasteiger partial charge on any atom is 0.257 e. The van der Waals surface area contributed by atoms with Crippen LogP contribution in [0.25, 0.3) is 0 Å². The number of aliphatic hydroxyl groups excluding tert-OH is 1. The largest absolute Gasteiger partial charge is 0.491 e. The molecule has 1 N–H and O–H groups in total. The van der Waals surface area contributed by atoms with Crippen LogP contribution in [0.15, 0.2) is 42.5 Å². The fourth-order valence-corrected chi connectivity index (χ4v) is 5.90. The molecule has 0 spiro atoms. The Labute approximate surface area is 200 Å². The molecular weight excluding hydrogens is 430 g/mol. The molecular formula is C27H33N3O4. The van der Waals surface area contributed by atoms with Crippen LogP contribution in [0.1, 0.15) is 33.5 Å². The molecule has 2 aromatic carbocycles. The highest BCUT2D eigenvalue weighted by molar-refractivity contribution is 5.97. The summed E-state index contributed by atoms with van der Waals surface area (Å²) in [5, 5.41) is 10.8. The molecule has 7 nitrogen and oxygen atoms in total. The zero-order valence-corrected chi connectivity index (χ0v) is 19.6. The van der Waals surface area contributed by atoms with Crippen molar-refractivity contribution >= 4 is 5.91 Å². The molecule has 0 radical (unpaired) electrons. The first kappa shape index (κ1) is 22.0. The molecule has 2 bridgehead atoms. The fourth-order valence-electron chi connectivity index (χ4n) is 5.90. The van der Waals surface area contributed by atoms with Crippen molar-refractivity contribution in [2.45, 2.75) is 44.2 Å². The number of nitrogens with zero attached hydrogens (tertiary/aromatic N) is 3. The van der Waals surface area contributed by atoms with E-state index in [1.807, 2.05) is 18.2 Å². The molecule has 3 atom stereocenters. The van der Waals surface area contributed by atoms with Gasteiger partial charge in [0, 0.05) is 45.3 Å². The Hall–Kier alpha value is -2.45. The molecule has 6 rings (SSSR count). The predicted octanol–water partition coefficient (Wildman–Crippen LogP) is 1.91. The van der Waals surface area contributed by atoms with E-state index < -0.39 is 6.10 Å². The van der Waals surface area contributed by atoms with E-state index in [2.05, 4.69) is 34.1 Å². The van der Waals surface area contributed by atoms with Gasteiger partial charge in [0.05, 0.1) is 30.9 Å². The number of carbonyl (C=O) groups excluding carboxylic acids is 1. The Morgan fingerprint density at radius 2 is 1.97 bits per heavy atom. The highest BCUT2D eigenvalue weighted by atomic mass is 16.5. The van der Waals surface area contributed by atoms with Gasteiger partial charge in [0.15, 0.2) is 0 Å². The summed E-state index contributed by atoms with van der Waals surface area (Å²) >= 11 is 0. The van der Waals surface area contributed by atoms with E-state index in [-0.39, 0.29) is 5.91 Å². The van der Waals surface area contributed by atoms with E-state index in [1.165, 1.54) is 11.1 Å². The summed E-state index contributed by atoms with van der Waals surface area (Å²) in [5.74, 6) is 0.600. The van der Waals surface area contributed by atoms with Crippen molar-refractivity contribution in [1.82, 2.24) is 14.7 Å². The molecule has 7 heteroatoms. The maximum atomic E-state index is 13.3. The maximum absolute atomic E-state index is 13.3. The second-order valence-electron chi connectivity index (χ2n) is 10.1. The number of carbonyl (C=O) groups is 1. The van der Waals surface area contributed by atoms with Gasteiger partial charge in [-0.2, -0.15) is 0 Å². The highest BCUT2D eigenvalue weighted by Crippen LogP contribution is 2.31. The molecule has 2 saturated heterocycles. The normalized spacial score (nSPS) is 25.6. The van der Waals surface area contributed by atoms with Gasteiger partial charge >= 0.3 is 0 Å². The van der Waals surface area contributed by atoms with Gasteiger partial charge in [-0.3, -0.25) is 14.6 Å². The van der Waals surface area contributed by atoms with Crippen molar-refractivity contribution in [1.29, 1.82) is 0 Å². The first-order valence-corrected chi connectivity index (χ1v) is 12.5. The van der Waals surface area contributed by atoms with E-state index in [0.717, 1.165) is 51.2 Å². The Bertz CT molecular complexity index is 1060. The zero-order chi connectivity index (χ0) is 23.1. The van der Waals surface area contributed by atoms with E-state index in [9.17, 15) is 9.90 Å². The number of aliphatic hydroxyl groups is 1. The third-order valence-corrected chi connectivity index (χ3v) is 7.69. The summed E-state index contributed by atoms with van der Waals surface area (Å²) in [4.78, 5) is 19.8. The van der Waals surface area contributed by atoms with Crippen LogP contribution in [0.3, 0.4) is 0 Å². The molecule has 4 heterocycles. The van der Waals surface area contributed by atoms with Crippen molar-refractivity contribution in [2.24, 2.45) is 0 Å². The molecule has 34 heavy (non-hydrogen) atoms. The quantitative estimate of drug-likeness (QED) is 0.706. The van der Waals surface area contributed by atoms with Gasteiger partial charge in [0.2, 0.25) is 0 Å². The Balaban J connectivity index is 1.08. The first-order valence-electron chi connectivity index (χ1n) is 12.5. The van der Waals surface area contributed by atoms with Gasteiger partial charge in [-0.15, -0.1) is 0 Å². The molecule has 2 unspecified atom stereocenters. The van der Waals surface area contributed by atoms with Gasteiger partial charge in [-0.25, -0.2) is 0 Å². The number of β-amino-alcohol motifs (C(OH)–C–C–N with tert-alkyl or cyclic N) is 1. The number of rotatable bonds is 6. The lowest BCUT2D eigenvalue weighted by atomic mass is 10.00. The van der Waals surface area contributed by atoms with Crippen LogP contribution in [0.2, 0.25) is 0 Å². The van der Waals surface area contributed by atoms with E-state index in [1.54, 1.807) is 4.90 Å². The van der Waals surface area contributed by atoms with Crippen LogP contribution >= 0.6 is 0 Å². The Morgan fingerprint density at radius 1 is 1.09 bits per heavy atom. The standard InChI is InChI=1S/C27H33N3O4/c31-23(15-28-8-7-20-3-1-2-4-21(20)14-28)16-29-9-10-33-26-11-19(5-6-25(26)27(29)32)13-30-17-24-12-22(30)18-34-24/h1-6,11,22-24,31H,7-10,12-18H2/t22?,23-,24?/m1/s1. The fraction of sp³-hybridized carbons (Fsp3) is 0.519. The number of morpholine rings is 1. The lowest BCUT2D eigenvalue weighted by Crippen LogP contribution is -2.44. The highest BCUT2D eigenvalue weighted by Gasteiger charge is 2.38. The van der Waals surface area contributed by atoms with Crippen LogP contribution < -0.4 is 4.74 Å². The van der Waals surface area contributed by atoms with Gasteiger partial charge in [0.1, 0.15) is 12.4 Å². The average molecular weight is 464 g/mol. The summed E-state index contributed by atoms with van der Waals surface area (Å²) in [5.41, 5.74) is 4.48. The molecule has 2 aromatic rings. The molecule has 0 saturated carbocycles. The zero-order valence-electron chi connectivity index (χ0n) is 19.6. The number of hydrogen-bond donors (Lipinski definition) is 1. The van der Waals surface area contributed by atoms with Gasteiger partial charge in [-0.05, 0) is 41.7 Å². The summed E-state index contributed by atoms with van der Waals surface area (Å²) in [6, 6.07) is 15.0. The minimum Gasteiger partial charge on any atom is -0.491 e. The summed E-state index contributed by atoms with van der Waals surface area (Å²) in [6.07, 6.45) is 1.91. The lowest BCUT2D eigenvalue weighted by molar-refractivity contribution is 0.0273. The number of likely N-dealkylation sites (tertiary alicyclic amines) is 1. The van der Waals surface area contributed by atoms with Crippen LogP contribution in [-0.4, -0.2) is 89.9 Å². The van der Waals surface area contributed by atoms with Crippen molar-refractivity contribution in [3.8, 4) is 5.75 Å². The third-order valence-electron chi connectivity index (χ3n) is 7.69. The van der Waals surface area contributed by atoms with Gasteiger partial charge in [-0.1, -0.05) is 30.3 Å². The number of fused-ring (bicyclic) bond motifs is 4. The molecule has 1 amide bonds.